The van der Waals surface area contributed by atoms with Gasteiger partial charge in [-0.1, -0.05) is 32.4 Å². The molecule has 100 valence electrons. The molecule has 1 heterocycles. The Bertz CT molecular complexity index is 549. The minimum Gasteiger partial charge on any atom is -0.381 e. The standard InChI is InChI=1S/C17H22N2/c1-12-5-3-6-13(2)17(12)19-16-8-4-7-14-11-18-10-9-15(14)16/h4,7-13,17,19H,3,5-6H2,1-2H3. The molecule has 3 rings (SSSR count). The van der Waals surface area contributed by atoms with E-state index in [-0.39, 0.29) is 0 Å². The second-order valence-electron chi connectivity index (χ2n) is 5.96. The third kappa shape index (κ3) is 2.44. The Hall–Kier alpha value is -1.57. The van der Waals surface area contributed by atoms with Crippen molar-refractivity contribution in [1.82, 2.24) is 4.98 Å². The van der Waals surface area contributed by atoms with Gasteiger partial charge in [0.2, 0.25) is 0 Å². The van der Waals surface area contributed by atoms with Gasteiger partial charge in [0, 0.05) is 34.9 Å². The molecule has 0 saturated heterocycles. The Morgan fingerprint density at radius 2 is 1.89 bits per heavy atom. The molecule has 1 aliphatic rings. The Balaban J connectivity index is 1.92. The number of nitrogens with one attached hydrogen (secondary N) is 1. The Labute approximate surface area is 115 Å². The van der Waals surface area contributed by atoms with E-state index in [9.17, 15) is 0 Å². The van der Waals surface area contributed by atoms with Gasteiger partial charge in [0.1, 0.15) is 0 Å². The van der Waals surface area contributed by atoms with Crippen LogP contribution in [0.3, 0.4) is 0 Å². The highest BCUT2D eigenvalue weighted by Gasteiger charge is 2.27. The van der Waals surface area contributed by atoms with Gasteiger partial charge in [-0.25, -0.2) is 0 Å². The van der Waals surface area contributed by atoms with E-state index >= 15 is 0 Å². The normalized spacial score (nSPS) is 27.4. The number of benzene rings is 1. The lowest BCUT2D eigenvalue weighted by molar-refractivity contribution is 0.268. The zero-order valence-corrected chi connectivity index (χ0v) is 11.8. The van der Waals surface area contributed by atoms with Crippen molar-refractivity contribution in [2.45, 2.75) is 39.2 Å². The summed E-state index contributed by atoms with van der Waals surface area (Å²) in [6, 6.07) is 9.13. The van der Waals surface area contributed by atoms with E-state index in [1.165, 1.54) is 35.7 Å². The fourth-order valence-corrected chi connectivity index (χ4v) is 3.39. The smallest absolute Gasteiger partial charge is 0.0423 e. The van der Waals surface area contributed by atoms with Crippen molar-refractivity contribution in [2.24, 2.45) is 11.8 Å². The lowest BCUT2D eigenvalue weighted by Crippen LogP contribution is -2.37. The summed E-state index contributed by atoms with van der Waals surface area (Å²) >= 11 is 0. The van der Waals surface area contributed by atoms with E-state index in [1.54, 1.807) is 0 Å². The van der Waals surface area contributed by atoms with Crippen molar-refractivity contribution in [1.29, 1.82) is 0 Å². The lowest BCUT2D eigenvalue weighted by atomic mass is 9.78. The second-order valence-corrected chi connectivity index (χ2v) is 5.96. The van der Waals surface area contributed by atoms with E-state index in [2.05, 4.69) is 48.4 Å². The van der Waals surface area contributed by atoms with E-state index in [0.717, 1.165) is 11.8 Å². The summed E-state index contributed by atoms with van der Waals surface area (Å²) < 4.78 is 0. The molecule has 0 radical (unpaired) electrons. The highest BCUT2D eigenvalue weighted by molar-refractivity contribution is 5.93. The van der Waals surface area contributed by atoms with Gasteiger partial charge in [-0.3, -0.25) is 4.98 Å². The van der Waals surface area contributed by atoms with Crippen LogP contribution >= 0.6 is 0 Å². The number of hydrogen-bond donors (Lipinski definition) is 1. The zero-order valence-electron chi connectivity index (χ0n) is 11.8. The first-order valence-corrected chi connectivity index (χ1v) is 7.35. The Morgan fingerprint density at radius 1 is 1.11 bits per heavy atom. The molecule has 1 fully saturated rings. The topological polar surface area (TPSA) is 24.9 Å². The van der Waals surface area contributed by atoms with Crippen LogP contribution in [-0.2, 0) is 0 Å². The first-order valence-electron chi connectivity index (χ1n) is 7.35. The Morgan fingerprint density at radius 3 is 2.68 bits per heavy atom. The molecule has 2 heteroatoms. The molecule has 2 nitrogen and oxygen atoms in total. The molecule has 1 aliphatic carbocycles. The van der Waals surface area contributed by atoms with Gasteiger partial charge in [-0.15, -0.1) is 0 Å². The minimum atomic E-state index is 0.590. The number of anilines is 1. The van der Waals surface area contributed by atoms with Gasteiger partial charge in [-0.05, 0) is 36.8 Å². The van der Waals surface area contributed by atoms with Crippen molar-refractivity contribution >= 4 is 16.5 Å². The number of aromatic nitrogens is 1. The van der Waals surface area contributed by atoms with Crippen LogP contribution in [0.25, 0.3) is 10.8 Å². The molecule has 0 bridgehead atoms. The summed E-state index contributed by atoms with van der Waals surface area (Å²) in [4.78, 5) is 4.20. The molecule has 2 unspecified atom stereocenters. The van der Waals surface area contributed by atoms with Crippen molar-refractivity contribution < 1.29 is 0 Å². The molecular formula is C17H22N2. The predicted octanol–water partition coefficient (Wildman–Crippen LogP) is 4.47. The summed E-state index contributed by atoms with van der Waals surface area (Å²) in [5.74, 6) is 1.50. The highest BCUT2D eigenvalue weighted by atomic mass is 14.9. The molecule has 2 atom stereocenters. The van der Waals surface area contributed by atoms with Gasteiger partial charge in [0.25, 0.3) is 0 Å². The molecule has 19 heavy (non-hydrogen) atoms. The molecule has 1 aromatic carbocycles. The van der Waals surface area contributed by atoms with Crippen molar-refractivity contribution in [2.75, 3.05) is 5.32 Å². The number of rotatable bonds is 2. The number of nitrogens with zero attached hydrogens (tertiary/aromatic N) is 1. The summed E-state index contributed by atoms with van der Waals surface area (Å²) in [6.45, 7) is 4.75. The zero-order chi connectivity index (χ0) is 13.2. The molecule has 2 aromatic rings. The second kappa shape index (κ2) is 5.20. The number of hydrogen-bond acceptors (Lipinski definition) is 2. The van der Waals surface area contributed by atoms with Crippen molar-refractivity contribution in [3.8, 4) is 0 Å². The van der Waals surface area contributed by atoms with Crippen LogP contribution in [0.15, 0.2) is 36.7 Å². The molecule has 1 saturated carbocycles. The van der Waals surface area contributed by atoms with Crippen molar-refractivity contribution in [3.05, 3.63) is 36.7 Å². The number of pyridine rings is 1. The fourth-order valence-electron chi connectivity index (χ4n) is 3.39. The molecule has 1 aromatic heterocycles. The maximum Gasteiger partial charge on any atom is 0.0423 e. The van der Waals surface area contributed by atoms with Gasteiger partial charge in [0.05, 0.1) is 0 Å². The van der Waals surface area contributed by atoms with Gasteiger partial charge in [0.15, 0.2) is 0 Å². The minimum absolute atomic E-state index is 0.590. The quantitative estimate of drug-likeness (QED) is 0.855. The van der Waals surface area contributed by atoms with Gasteiger partial charge < -0.3 is 5.32 Å². The molecule has 0 spiro atoms. The number of fused-ring (bicyclic) bond motifs is 1. The summed E-state index contributed by atoms with van der Waals surface area (Å²) in [5.41, 5.74) is 1.26. The van der Waals surface area contributed by atoms with Gasteiger partial charge >= 0.3 is 0 Å². The summed E-state index contributed by atoms with van der Waals surface area (Å²) in [6.07, 6.45) is 7.87. The van der Waals surface area contributed by atoms with E-state index in [4.69, 9.17) is 0 Å². The molecule has 0 aliphatic heterocycles. The van der Waals surface area contributed by atoms with Crippen LogP contribution in [0, 0.1) is 11.8 Å². The monoisotopic (exact) mass is 254 g/mol. The SMILES string of the molecule is CC1CCCC(C)C1Nc1cccc2cnccc12. The third-order valence-corrected chi connectivity index (χ3v) is 4.55. The van der Waals surface area contributed by atoms with E-state index in [1.807, 2.05) is 12.4 Å². The largest absolute Gasteiger partial charge is 0.381 e. The highest BCUT2D eigenvalue weighted by Crippen LogP contribution is 2.33. The van der Waals surface area contributed by atoms with E-state index < -0.39 is 0 Å². The van der Waals surface area contributed by atoms with Crippen molar-refractivity contribution in [3.63, 3.8) is 0 Å². The first kappa shape index (κ1) is 12.5. The maximum absolute atomic E-state index is 4.20. The average Bonchev–Trinajstić information content (AvgIpc) is 2.43. The summed E-state index contributed by atoms with van der Waals surface area (Å²) in [7, 11) is 0. The fraction of sp³-hybridized carbons (Fsp3) is 0.471. The maximum atomic E-state index is 4.20. The van der Waals surface area contributed by atoms with Gasteiger partial charge in [-0.2, -0.15) is 0 Å². The van der Waals surface area contributed by atoms with Crippen LogP contribution in [0.2, 0.25) is 0 Å². The van der Waals surface area contributed by atoms with Crippen LogP contribution in [0.5, 0.6) is 0 Å². The van der Waals surface area contributed by atoms with Crippen LogP contribution in [0.1, 0.15) is 33.1 Å². The Kier molecular flexibility index (Phi) is 3.41. The lowest BCUT2D eigenvalue weighted by Gasteiger charge is -2.36. The molecule has 0 amide bonds. The van der Waals surface area contributed by atoms with Crippen LogP contribution in [0.4, 0.5) is 5.69 Å². The molecular weight excluding hydrogens is 232 g/mol. The average molecular weight is 254 g/mol. The summed E-state index contributed by atoms with van der Waals surface area (Å²) in [5, 5.41) is 6.29. The third-order valence-electron chi connectivity index (χ3n) is 4.55. The van der Waals surface area contributed by atoms with E-state index in [0.29, 0.717) is 6.04 Å². The van der Waals surface area contributed by atoms with Crippen LogP contribution in [-0.4, -0.2) is 11.0 Å². The first-order chi connectivity index (χ1) is 9.25. The van der Waals surface area contributed by atoms with Crippen LogP contribution < -0.4 is 5.32 Å². The predicted molar refractivity (Wildman–Crippen MR) is 81.3 cm³/mol. The molecule has 1 N–H and O–H groups in total.